The van der Waals surface area contributed by atoms with Crippen molar-refractivity contribution in [3.8, 4) is 0 Å². The Morgan fingerprint density at radius 3 is 2.46 bits per heavy atom. The van der Waals surface area contributed by atoms with Crippen molar-refractivity contribution in [3.05, 3.63) is 41.7 Å². The molecule has 1 N–H and O–H groups in total. The molecule has 2 bridgehead atoms. The van der Waals surface area contributed by atoms with E-state index in [4.69, 9.17) is 0 Å². The molecule has 2 aromatic heterocycles. The lowest BCUT2D eigenvalue weighted by molar-refractivity contribution is -0.126. The molecule has 1 unspecified atom stereocenters. The van der Waals surface area contributed by atoms with Gasteiger partial charge in [0.1, 0.15) is 11.6 Å². The SMILES string of the molecule is Cc1nnc(C(C)C)n1C1C[C@H]2CC[C@@H](C1)N2CC[C@H](NC(=O)C1CCCCC1)c1cccnc1. The van der Waals surface area contributed by atoms with Gasteiger partial charge >= 0.3 is 0 Å². The summed E-state index contributed by atoms with van der Waals surface area (Å²) in [5.74, 6) is 2.98. The maximum Gasteiger partial charge on any atom is 0.223 e. The van der Waals surface area contributed by atoms with Crippen molar-refractivity contribution in [1.82, 2.24) is 30.0 Å². The molecule has 190 valence electrons. The molecule has 1 aliphatic carbocycles. The third-order valence-corrected chi connectivity index (χ3v) is 8.69. The van der Waals surface area contributed by atoms with Crippen LogP contribution in [0.5, 0.6) is 0 Å². The molecule has 7 heteroatoms. The second kappa shape index (κ2) is 10.8. The Hall–Kier alpha value is -2.28. The summed E-state index contributed by atoms with van der Waals surface area (Å²) < 4.78 is 2.43. The van der Waals surface area contributed by atoms with Gasteiger partial charge in [-0.3, -0.25) is 14.7 Å². The number of hydrogen-bond acceptors (Lipinski definition) is 5. The Kier molecular flexibility index (Phi) is 7.51. The van der Waals surface area contributed by atoms with Gasteiger partial charge < -0.3 is 9.88 Å². The largest absolute Gasteiger partial charge is 0.349 e. The van der Waals surface area contributed by atoms with Crippen LogP contribution < -0.4 is 5.32 Å². The molecule has 2 aromatic rings. The van der Waals surface area contributed by atoms with E-state index in [0.717, 1.165) is 43.0 Å². The zero-order chi connectivity index (χ0) is 24.4. The number of carbonyl (C=O) groups excluding carboxylic acids is 1. The van der Waals surface area contributed by atoms with Crippen LogP contribution in [0.1, 0.15) is 113 Å². The summed E-state index contributed by atoms with van der Waals surface area (Å²) in [6.07, 6.45) is 15.2. The second-order valence-electron chi connectivity index (χ2n) is 11.3. The Bertz CT molecular complexity index is 969. The first-order valence-corrected chi connectivity index (χ1v) is 13.9. The minimum atomic E-state index is 0.0305. The summed E-state index contributed by atoms with van der Waals surface area (Å²) >= 11 is 0. The van der Waals surface area contributed by atoms with Crippen molar-refractivity contribution in [3.63, 3.8) is 0 Å². The van der Waals surface area contributed by atoms with Crippen LogP contribution >= 0.6 is 0 Å². The normalized spacial score (nSPS) is 26.2. The van der Waals surface area contributed by atoms with Gasteiger partial charge in [0, 0.05) is 48.9 Å². The number of pyridine rings is 1. The Morgan fingerprint density at radius 1 is 1.06 bits per heavy atom. The van der Waals surface area contributed by atoms with Gasteiger partial charge in [0.25, 0.3) is 0 Å². The molecule has 0 spiro atoms. The monoisotopic (exact) mass is 478 g/mol. The van der Waals surface area contributed by atoms with Crippen molar-refractivity contribution in [2.45, 2.75) is 115 Å². The highest BCUT2D eigenvalue weighted by Crippen LogP contribution is 2.42. The molecule has 0 aromatic carbocycles. The number of carbonyl (C=O) groups is 1. The van der Waals surface area contributed by atoms with E-state index in [1.807, 2.05) is 18.5 Å². The molecule has 4 heterocycles. The van der Waals surface area contributed by atoms with Crippen LogP contribution in [-0.2, 0) is 4.79 Å². The van der Waals surface area contributed by atoms with Gasteiger partial charge in [-0.25, -0.2) is 0 Å². The molecule has 1 saturated carbocycles. The molecule has 2 saturated heterocycles. The number of rotatable bonds is 8. The van der Waals surface area contributed by atoms with Gasteiger partial charge in [0.15, 0.2) is 0 Å². The summed E-state index contributed by atoms with van der Waals surface area (Å²) in [5.41, 5.74) is 1.13. The van der Waals surface area contributed by atoms with Crippen LogP contribution in [0.4, 0.5) is 0 Å². The van der Waals surface area contributed by atoms with Gasteiger partial charge in [-0.15, -0.1) is 10.2 Å². The first-order valence-electron chi connectivity index (χ1n) is 13.9. The van der Waals surface area contributed by atoms with E-state index >= 15 is 0 Å². The lowest BCUT2D eigenvalue weighted by atomic mass is 9.88. The topological polar surface area (TPSA) is 75.9 Å². The first kappa shape index (κ1) is 24.4. The predicted octanol–water partition coefficient (Wildman–Crippen LogP) is 5.10. The molecule has 0 radical (unpaired) electrons. The maximum atomic E-state index is 13.1. The Labute approximate surface area is 210 Å². The lowest BCUT2D eigenvalue weighted by Crippen LogP contribution is -2.45. The summed E-state index contributed by atoms with van der Waals surface area (Å²) in [6, 6.07) is 5.83. The van der Waals surface area contributed by atoms with E-state index in [-0.39, 0.29) is 17.9 Å². The lowest BCUT2D eigenvalue weighted by Gasteiger charge is -2.40. The highest BCUT2D eigenvalue weighted by atomic mass is 16.1. The van der Waals surface area contributed by atoms with E-state index < -0.39 is 0 Å². The van der Waals surface area contributed by atoms with Gasteiger partial charge in [0.05, 0.1) is 6.04 Å². The van der Waals surface area contributed by atoms with Crippen molar-refractivity contribution in [2.75, 3.05) is 6.54 Å². The Balaban J connectivity index is 1.25. The van der Waals surface area contributed by atoms with E-state index in [1.165, 1.54) is 44.9 Å². The van der Waals surface area contributed by atoms with Crippen molar-refractivity contribution in [1.29, 1.82) is 0 Å². The van der Waals surface area contributed by atoms with Crippen LogP contribution in [0.15, 0.2) is 24.5 Å². The van der Waals surface area contributed by atoms with Gasteiger partial charge in [0.2, 0.25) is 5.91 Å². The molecule has 1 amide bonds. The van der Waals surface area contributed by atoms with E-state index in [1.54, 1.807) is 0 Å². The first-order chi connectivity index (χ1) is 17.0. The molecule has 7 nitrogen and oxygen atoms in total. The van der Waals surface area contributed by atoms with Crippen LogP contribution in [0.3, 0.4) is 0 Å². The molecule has 3 aliphatic rings. The van der Waals surface area contributed by atoms with Crippen molar-refractivity contribution >= 4 is 5.91 Å². The van der Waals surface area contributed by atoms with Gasteiger partial charge in [-0.05, 0) is 63.5 Å². The van der Waals surface area contributed by atoms with Crippen LogP contribution in [0.25, 0.3) is 0 Å². The molecular weight excluding hydrogens is 436 g/mol. The molecular formula is C28H42N6O. The summed E-state index contributed by atoms with van der Waals surface area (Å²) in [5, 5.41) is 12.3. The second-order valence-corrected chi connectivity index (χ2v) is 11.3. The van der Waals surface area contributed by atoms with E-state index in [2.05, 4.69) is 56.8 Å². The van der Waals surface area contributed by atoms with E-state index in [9.17, 15) is 4.79 Å². The van der Waals surface area contributed by atoms with Crippen LogP contribution in [-0.4, -0.2) is 49.2 Å². The number of aromatic nitrogens is 4. The van der Waals surface area contributed by atoms with Crippen LogP contribution in [0, 0.1) is 12.8 Å². The maximum absolute atomic E-state index is 13.1. The number of hydrogen-bond donors (Lipinski definition) is 1. The summed E-state index contributed by atoms with van der Waals surface area (Å²) in [4.78, 5) is 20.2. The molecule has 5 rings (SSSR count). The van der Waals surface area contributed by atoms with E-state index in [0.29, 0.717) is 24.0 Å². The predicted molar refractivity (Wildman–Crippen MR) is 137 cm³/mol. The van der Waals surface area contributed by atoms with Gasteiger partial charge in [-0.1, -0.05) is 39.2 Å². The quantitative estimate of drug-likeness (QED) is 0.571. The average Bonchev–Trinajstić information content (AvgIpc) is 3.38. The number of piperidine rings is 1. The zero-order valence-corrected chi connectivity index (χ0v) is 21.7. The fraction of sp³-hybridized carbons (Fsp3) is 0.714. The molecule has 2 aliphatic heterocycles. The minimum absolute atomic E-state index is 0.0305. The highest BCUT2D eigenvalue weighted by Gasteiger charge is 2.42. The zero-order valence-electron chi connectivity index (χ0n) is 21.7. The summed E-state index contributed by atoms with van der Waals surface area (Å²) in [7, 11) is 0. The fourth-order valence-corrected chi connectivity index (χ4v) is 6.89. The standard InChI is InChI=1S/C28H42N6O/c1-19(2)27-32-31-20(3)34(27)25-16-23-11-12-24(17-25)33(23)15-13-26(22-10-7-14-29-18-22)30-28(35)21-8-5-4-6-9-21/h7,10,14,18-19,21,23-26H,4-6,8-9,11-13,15-17H2,1-3H3,(H,30,35)/t23-,24+,25?,26-/m0/s1. The van der Waals surface area contributed by atoms with Gasteiger partial charge in [-0.2, -0.15) is 0 Å². The fourth-order valence-electron chi connectivity index (χ4n) is 6.89. The smallest absolute Gasteiger partial charge is 0.223 e. The number of nitrogens with one attached hydrogen (secondary N) is 1. The average molecular weight is 479 g/mol. The number of nitrogens with zero attached hydrogens (tertiary/aromatic N) is 5. The molecule has 35 heavy (non-hydrogen) atoms. The number of fused-ring (bicyclic) bond motifs is 2. The van der Waals surface area contributed by atoms with Crippen LogP contribution in [0.2, 0.25) is 0 Å². The minimum Gasteiger partial charge on any atom is -0.349 e. The highest BCUT2D eigenvalue weighted by molar-refractivity contribution is 5.79. The molecule has 4 atom stereocenters. The van der Waals surface area contributed by atoms with Crippen molar-refractivity contribution < 1.29 is 4.79 Å². The number of aryl methyl sites for hydroxylation is 1. The molecule has 3 fully saturated rings. The third-order valence-electron chi connectivity index (χ3n) is 8.69. The van der Waals surface area contributed by atoms with Crippen molar-refractivity contribution in [2.24, 2.45) is 5.92 Å². The Morgan fingerprint density at radius 2 is 1.80 bits per heavy atom. The number of amides is 1. The summed E-state index contributed by atoms with van der Waals surface area (Å²) in [6.45, 7) is 7.54. The third kappa shape index (κ3) is 5.30.